The van der Waals surface area contributed by atoms with Crippen LogP contribution in [0.5, 0.6) is 0 Å². The highest BCUT2D eigenvalue weighted by atomic mass is 32.2. The quantitative estimate of drug-likeness (QED) is 0.680. The van der Waals surface area contributed by atoms with Crippen LogP contribution in [0.3, 0.4) is 0 Å². The second kappa shape index (κ2) is 3.54. The third-order valence-electron chi connectivity index (χ3n) is 3.05. The molecule has 0 bridgehead atoms. The fraction of sp³-hybridized carbons (Fsp3) is 0.364. The molecular weight excluding hydrogens is 238 g/mol. The normalized spacial score (nSPS) is 22.6. The second-order valence-electron chi connectivity index (χ2n) is 4.35. The molecule has 0 aromatic heterocycles. The number of nitrogens with zero attached hydrogens (tertiary/aromatic N) is 3. The van der Waals surface area contributed by atoms with E-state index in [1.54, 1.807) is 24.3 Å². The van der Waals surface area contributed by atoms with Gasteiger partial charge < -0.3 is 4.90 Å². The Morgan fingerprint density at radius 3 is 2.65 bits per heavy atom. The topological polar surface area (TPSA) is 53.0 Å². The molecule has 1 fully saturated rings. The number of para-hydroxylation sites is 1. The van der Waals surface area contributed by atoms with Gasteiger partial charge in [-0.15, -0.1) is 0 Å². The fourth-order valence-corrected chi connectivity index (χ4v) is 3.71. The van der Waals surface area contributed by atoms with E-state index in [0.29, 0.717) is 23.8 Å². The summed E-state index contributed by atoms with van der Waals surface area (Å²) in [6.07, 6.45) is 0. The van der Waals surface area contributed by atoms with Crippen LogP contribution in [-0.4, -0.2) is 50.2 Å². The largest absolute Gasteiger partial charge is 0.332 e. The zero-order valence-corrected chi connectivity index (χ0v) is 10.3. The fourth-order valence-electron chi connectivity index (χ4n) is 2.16. The van der Waals surface area contributed by atoms with E-state index in [-0.39, 0.29) is 5.17 Å². The van der Waals surface area contributed by atoms with Crippen molar-refractivity contribution in [1.29, 1.82) is 0 Å². The van der Waals surface area contributed by atoms with Crippen LogP contribution in [0.2, 0.25) is 0 Å². The van der Waals surface area contributed by atoms with Crippen molar-refractivity contribution in [3.63, 3.8) is 0 Å². The van der Waals surface area contributed by atoms with E-state index < -0.39 is 9.84 Å². The van der Waals surface area contributed by atoms with Crippen molar-refractivity contribution in [1.82, 2.24) is 9.80 Å². The molecular formula is C11H13N3O2S. The SMILES string of the molecule is CN1CCN(C2=Nc3ccccc3S2(=O)=O)C1. The van der Waals surface area contributed by atoms with E-state index in [4.69, 9.17) is 0 Å². The van der Waals surface area contributed by atoms with Crippen LogP contribution in [0, 0.1) is 0 Å². The lowest BCUT2D eigenvalue weighted by Gasteiger charge is -2.16. The first-order chi connectivity index (χ1) is 8.09. The summed E-state index contributed by atoms with van der Waals surface area (Å²) in [4.78, 5) is 8.46. The molecule has 0 spiro atoms. The predicted molar refractivity (Wildman–Crippen MR) is 64.9 cm³/mol. The smallest absolute Gasteiger partial charge is 0.241 e. The van der Waals surface area contributed by atoms with Gasteiger partial charge in [0, 0.05) is 13.1 Å². The first kappa shape index (κ1) is 10.7. The maximum Gasteiger partial charge on any atom is 0.241 e. The van der Waals surface area contributed by atoms with Gasteiger partial charge in [-0.25, -0.2) is 13.4 Å². The molecule has 1 aromatic carbocycles. The van der Waals surface area contributed by atoms with E-state index >= 15 is 0 Å². The van der Waals surface area contributed by atoms with Gasteiger partial charge >= 0.3 is 0 Å². The van der Waals surface area contributed by atoms with E-state index in [1.807, 2.05) is 11.9 Å². The highest BCUT2D eigenvalue weighted by Crippen LogP contribution is 2.33. The molecule has 1 saturated heterocycles. The van der Waals surface area contributed by atoms with E-state index in [0.717, 1.165) is 6.54 Å². The van der Waals surface area contributed by atoms with Crippen LogP contribution in [0.4, 0.5) is 5.69 Å². The predicted octanol–water partition coefficient (Wildman–Crippen LogP) is 0.666. The molecule has 1 aromatic rings. The molecule has 2 aliphatic rings. The minimum absolute atomic E-state index is 0.197. The standard InChI is InChI=1S/C11H13N3O2S/c1-13-6-7-14(8-13)11-12-9-4-2-3-5-10(9)17(11,15)16/h2-5H,6-8H2,1H3. The van der Waals surface area contributed by atoms with Gasteiger partial charge in [0.2, 0.25) is 15.0 Å². The molecule has 6 heteroatoms. The Balaban J connectivity index is 2.05. The summed E-state index contributed by atoms with van der Waals surface area (Å²) < 4.78 is 24.6. The molecule has 0 unspecified atom stereocenters. The molecule has 5 nitrogen and oxygen atoms in total. The number of likely N-dealkylation sites (N-methyl/N-ethyl adjacent to an activating group) is 1. The number of hydrogen-bond donors (Lipinski definition) is 0. The first-order valence-electron chi connectivity index (χ1n) is 5.45. The number of rotatable bonds is 0. The third kappa shape index (κ3) is 1.56. The Kier molecular flexibility index (Phi) is 2.24. The van der Waals surface area contributed by atoms with Gasteiger partial charge in [-0.2, -0.15) is 0 Å². The molecule has 17 heavy (non-hydrogen) atoms. The van der Waals surface area contributed by atoms with Crippen molar-refractivity contribution >= 4 is 20.7 Å². The first-order valence-corrected chi connectivity index (χ1v) is 6.94. The molecule has 90 valence electrons. The highest BCUT2D eigenvalue weighted by Gasteiger charge is 2.37. The van der Waals surface area contributed by atoms with Gasteiger partial charge in [-0.05, 0) is 19.2 Å². The van der Waals surface area contributed by atoms with E-state index in [1.165, 1.54) is 0 Å². The number of hydrogen-bond acceptors (Lipinski definition) is 5. The highest BCUT2D eigenvalue weighted by molar-refractivity contribution is 8.06. The van der Waals surface area contributed by atoms with Gasteiger partial charge in [0.1, 0.15) is 4.90 Å². The molecule has 3 rings (SSSR count). The van der Waals surface area contributed by atoms with Crippen LogP contribution >= 0.6 is 0 Å². The molecule has 0 amide bonds. The van der Waals surface area contributed by atoms with Gasteiger partial charge in [-0.3, -0.25) is 4.90 Å². The van der Waals surface area contributed by atoms with E-state index in [9.17, 15) is 8.42 Å². The monoisotopic (exact) mass is 251 g/mol. The van der Waals surface area contributed by atoms with Crippen LogP contribution in [-0.2, 0) is 9.84 Å². The molecule has 0 N–H and O–H groups in total. The van der Waals surface area contributed by atoms with Crippen molar-refractivity contribution < 1.29 is 8.42 Å². The summed E-state index contributed by atoms with van der Waals surface area (Å²) in [5.41, 5.74) is 0.553. The van der Waals surface area contributed by atoms with Crippen LogP contribution in [0.25, 0.3) is 0 Å². The van der Waals surface area contributed by atoms with Gasteiger partial charge in [0.05, 0.1) is 12.4 Å². The summed E-state index contributed by atoms with van der Waals surface area (Å²) in [7, 11) is -1.44. The zero-order chi connectivity index (χ0) is 12.0. The maximum absolute atomic E-state index is 12.3. The van der Waals surface area contributed by atoms with Gasteiger partial charge in [0.15, 0.2) is 0 Å². The van der Waals surface area contributed by atoms with Crippen molar-refractivity contribution in [2.45, 2.75) is 4.90 Å². The number of aliphatic imine (C=N–C) groups is 1. The van der Waals surface area contributed by atoms with Crippen LogP contribution in [0.15, 0.2) is 34.2 Å². The van der Waals surface area contributed by atoms with Crippen LogP contribution < -0.4 is 0 Å². The number of amidine groups is 1. The van der Waals surface area contributed by atoms with Crippen molar-refractivity contribution in [2.75, 3.05) is 26.8 Å². The molecule has 0 aliphatic carbocycles. The molecule has 2 aliphatic heterocycles. The van der Waals surface area contributed by atoms with E-state index in [2.05, 4.69) is 9.89 Å². The van der Waals surface area contributed by atoms with Crippen LogP contribution in [0.1, 0.15) is 0 Å². The summed E-state index contributed by atoms with van der Waals surface area (Å²) in [5.74, 6) is 0. The summed E-state index contributed by atoms with van der Waals surface area (Å²) in [6.45, 7) is 2.19. The molecule has 0 atom stereocenters. The van der Waals surface area contributed by atoms with Gasteiger partial charge in [0.25, 0.3) is 0 Å². The number of benzene rings is 1. The maximum atomic E-state index is 12.3. The average Bonchev–Trinajstić information content (AvgIpc) is 2.82. The lowest BCUT2D eigenvalue weighted by atomic mass is 10.3. The minimum Gasteiger partial charge on any atom is -0.332 e. The summed E-state index contributed by atoms with van der Waals surface area (Å²) in [5, 5.41) is 0.197. The lowest BCUT2D eigenvalue weighted by molar-refractivity contribution is 0.361. The Labute approximate surface area is 100 Å². The minimum atomic E-state index is -3.40. The Morgan fingerprint density at radius 2 is 2.00 bits per heavy atom. The average molecular weight is 251 g/mol. The summed E-state index contributed by atoms with van der Waals surface area (Å²) >= 11 is 0. The lowest BCUT2D eigenvalue weighted by Crippen LogP contribution is -2.34. The Bertz CT molecular complexity index is 594. The molecule has 2 heterocycles. The number of fused-ring (bicyclic) bond motifs is 1. The Morgan fingerprint density at radius 1 is 1.24 bits per heavy atom. The molecule has 0 radical (unpaired) electrons. The third-order valence-corrected chi connectivity index (χ3v) is 4.80. The van der Waals surface area contributed by atoms with Crippen molar-refractivity contribution in [2.24, 2.45) is 4.99 Å². The second-order valence-corrected chi connectivity index (χ2v) is 6.16. The molecule has 0 saturated carbocycles. The summed E-state index contributed by atoms with van der Waals surface area (Å²) in [6, 6.07) is 6.88. The van der Waals surface area contributed by atoms with Gasteiger partial charge in [-0.1, -0.05) is 12.1 Å². The number of sulfone groups is 1. The Hall–Kier alpha value is -1.40. The van der Waals surface area contributed by atoms with Crippen molar-refractivity contribution in [3.05, 3.63) is 24.3 Å². The van der Waals surface area contributed by atoms with Crippen molar-refractivity contribution in [3.8, 4) is 0 Å². The zero-order valence-electron chi connectivity index (χ0n) is 9.50.